The molecule has 4 heteroatoms. The summed E-state index contributed by atoms with van der Waals surface area (Å²) in [4.78, 5) is 12.7. The number of hydrogen-bond donors (Lipinski definition) is 0. The minimum atomic E-state index is -0.314. The average Bonchev–Trinajstić information content (AvgIpc) is 3.36. The Morgan fingerprint density at radius 2 is 1.68 bits per heavy atom. The van der Waals surface area contributed by atoms with E-state index < -0.39 is 0 Å². The van der Waals surface area contributed by atoms with Crippen LogP contribution in [0.1, 0.15) is 102 Å². The average molecular weight is 521 g/mol. The number of carbonyl (C=O) groups is 1. The van der Waals surface area contributed by atoms with E-state index in [4.69, 9.17) is 14.2 Å². The highest BCUT2D eigenvalue weighted by Gasteiger charge is 2.69. The molecule has 1 aromatic rings. The number of benzene rings is 1. The maximum Gasteiger partial charge on any atom is 0.338 e. The Bertz CT molecular complexity index is 1050. The van der Waals surface area contributed by atoms with Gasteiger partial charge in [-0.3, -0.25) is 0 Å². The molecule has 2 heterocycles. The van der Waals surface area contributed by atoms with Gasteiger partial charge in [-0.2, -0.15) is 0 Å². The Balaban J connectivity index is 1.05. The number of ether oxygens (including phenoxy) is 3. The third-order valence-corrected chi connectivity index (χ3v) is 13.2. The van der Waals surface area contributed by atoms with Crippen LogP contribution in [-0.2, 0) is 14.2 Å². The number of fused-ring (bicyclic) bond motifs is 7. The van der Waals surface area contributed by atoms with E-state index in [9.17, 15) is 4.79 Å². The molecule has 38 heavy (non-hydrogen) atoms. The molecule has 0 aromatic heterocycles. The molecule has 0 unspecified atom stereocenters. The van der Waals surface area contributed by atoms with Crippen LogP contribution in [0, 0.1) is 52.3 Å². The quantitative estimate of drug-likeness (QED) is 0.376. The van der Waals surface area contributed by atoms with E-state index in [1.807, 2.05) is 30.3 Å². The van der Waals surface area contributed by atoms with Crippen LogP contribution < -0.4 is 0 Å². The Morgan fingerprint density at radius 1 is 0.895 bits per heavy atom. The number of rotatable bonds is 2. The highest BCUT2D eigenvalue weighted by atomic mass is 16.7. The molecule has 2 saturated heterocycles. The largest absolute Gasteiger partial charge is 0.459 e. The summed E-state index contributed by atoms with van der Waals surface area (Å²) in [5, 5.41) is 0. The summed E-state index contributed by atoms with van der Waals surface area (Å²) in [5.41, 5.74) is 1.44. The van der Waals surface area contributed by atoms with Gasteiger partial charge >= 0.3 is 5.97 Å². The molecule has 0 bridgehead atoms. The molecule has 4 saturated carbocycles. The highest BCUT2D eigenvalue weighted by Crippen LogP contribution is 2.71. The van der Waals surface area contributed by atoms with Crippen molar-refractivity contribution in [1.82, 2.24) is 0 Å². The maximum atomic E-state index is 12.7. The predicted molar refractivity (Wildman–Crippen MR) is 147 cm³/mol. The first-order valence-electron chi connectivity index (χ1n) is 15.8. The van der Waals surface area contributed by atoms with Crippen molar-refractivity contribution in [3.05, 3.63) is 35.9 Å². The van der Waals surface area contributed by atoms with Gasteiger partial charge in [0.05, 0.1) is 18.3 Å². The third kappa shape index (κ3) is 3.71. The minimum absolute atomic E-state index is 0.0701. The molecule has 7 rings (SSSR count). The summed E-state index contributed by atoms with van der Waals surface area (Å²) in [5.74, 6) is 4.41. The summed E-state index contributed by atoms with van der Waals surface area (Å²) in [6.07, 6.45) is 12.6. The smallest absolute Gasteiger partial charge is 0.338 e. The van der Waals surface area contributed by atoms with Gasteiger partial charge in [-0.05, 0) is 116 Å². The molecule has 0 N–H and O–H groups in total. The fraction of sp³-hybridized carbons (Fsp3) is 0.794. The summed E-state index contributed by atoms with van der Waals surface area (Å²) in [7, 11) is 0. The second kappa shape index (κ2) is 9.06. The van der Waals surface area contributed by atoms with Crippen molar-refractivity contribution in [2.75, 3.05) is 6.61 Å². The summed E-state index contributed by atoms with van der Waals surface area (Å²) >= 11 is 0. The lowest BCUT2D eigenvalue weighted by molar-refractivity contribution is -0.273. The van der Waals surface area contributed by atoms with E-state index >= 15 is 0 Å². The van der Waals surface area contributed by atoms with Crippen LogP contribution in [0.3, 0.4) is 0 Å². The van der Waals surface area contributed by atoms with Crippen LogP contribution in [0.15, 0.2) is 30.3 Å². The molecule has 1 spiro atoms. The second-order valence-electron chi connectivity index (χ2n) is 14.8. The summed E-state index contributed by atoms with van der Waals surface area (Å²) in [6.45, 7) is 10.9. The number of hydrogen-bond acceptors (Lipinski definition) is 4. The zero-order valence-electron chi connectivity index (χ0n) is 24.0. The first-order chi connectivity index (χ1) is 18.2. The van der Waals surface area contributed by atoms with Crippen molar-refractivity contribution in [3.8, 4) is 0 Å². The third-order valence-electron chi connectivity index (χ3n) is 13.2. The van der Waals surface area contributed by atoms with Crippen molar-refractivity contribution in [2.24, 2.45) is 52.3 Å². The number of carbonyl (C=O) groups excluding carboxylic acids is 1. The van der Waals surface area contributed by atoms with Gasteiger partial charge in [0.25, 0.3) is 0 Å². The van der Waals surface area contributed by atoms with E-state index in [2.05, 4.69) is 27.7 Å². The molecule has 6 fully saturated rings. The molecule has 4 aliphatic carbocycles. The van der Waals surface area contributed by atoms with Crippen LogP contribution in [0.5, 0.6) is 0 Å². The molecule has 208 valence electrons. The molecule has 1 aromatic carbocycles. The second-order valence-corrected chi connectivity index (χ2v) is 14.8. The molecular formula is C34H48O4. The number of esters is 1. The topological polar surface area (TPSA) is 44.8 Å². The minimum Gasteiger partial charge on any atom is -0.459 e. The van der Waals surface area contributed by atoms with Gasteiger partial charge in [0.15, 0.2) is 5.79 Å². The first-order valence-corrected chi connectivity index (χ1v) is 15.8. The Kier molecular flexibility index (Phi) is 6.10. The van der Waals surface area contributed by atoms with E-state index in [-0.39, 0.29) is 17.9 Å². The van der Waals surface area contributed by atoms with Crippen molar-refractivity contribution in [3.63, 3.8) is 0 Å². The van der Waals surface area contributed by atoms with E-state index in [0.29, 0.717) is 46.2 Å². The van der Waals surface area contributed by atoms with Crippen LogP contribution >= 0.6 is 0 Å². The van der Waals surface area contributed by atoms with Crippen molar-refractivity contribution in [2.45, 2.75) is 110 Å². The van der Waals surface area contributed by atoms with Gasteiger partial charge in [-0.15, -0.1) is 0 Å². The highest BCUT2D eigenvalue weighted by molar-refractivity contribution is 5.89. The molecule has 0 amide bonds. The molecule has 6 aliphatic rings. The van der Waals surface area contributed by atoms with Crippen molar-refractivity contribution >= 4 is 5.97 Å². The van der Waals surface area contributed by atoms with Gasteiger partial charge in [-0.1, -0.05) is 45.9 Å². The Morgan fingerprint density at radius 3 is 2.45 bits per heavy atom. The maximum absolute atomic E-state index is 12.7. The zero-order valence-corrected chi connectivity index (χ0v) is 24.0. The van der Waals surface area contributed by atoms with Crippen LogP contribution in [-0.4, -0.2) is 30.6 Å². The van der Waals surface area contributed by atoms with Gasteiger partial charge < -0.3 is 14.2 Å². The lowest BCUT2D eigenvalue weighted by Crippen LogP contribution is -2.55. The first kappa shape index (κ1) is 25.6. The van der Waals surface area contributed by atoms with Gasteiger partial charge in [0, 0.05) is 12.3 Å². The molecule has 4 nitrogen and oxygen atoms in total. The van der Waals surface area contributed by atoms with Crippen LogP contribution in [0.2, 0.25) is 0 Å². The normalized spacial score (nSPS) is 51.5. The lowest BCUT2D eigenvalue weighted by atomic mass is 9.44. The van der Waals surface area contributed by atoms with E-state index in [1.165, 1.54) is 44.9 Å². The van der Waals surface area contributed by atoms with Crippen LogP contribution in [0.4, 0.5) is 0 Å². The predicted octanol–water partition coefficient (Wildman–Crippen LogP) is 7.66. The van der Waals surface area contributed by atoms with Gasteiger partial charge in [0.1, 0.15) is 6.10 Å². The lowest BCUT2D eigenvalue weighted by Gasteiger charge is -2.61. The molecule has 12 atom stereocenters. The van der Waals surface area contributed by atoms with E-state index in [0.717, 1.165) is 43.6 Å². The summed E-state index contributed by atoms with van der Waals surface area (Å²) < 4.78 is 19.5. The zero-order chi connectivity index (χ0) is 26.3. The monoisotopic (exact) mass is 520 g/mol. The van der Waals surface area contributed by atoms with Crippen LogP contribution in [0.25, 0.3) is 0 Å². The fourth-order valence-corrected chi connectivity index (χ4v) is 11.1. The molecule has 2 aliphatic heterocycles. The van der Waals surface area contributed by atoms with Gasteiger partial charge in [0.2, 0.25) is 0 Å². The molecule has 0 radical (unpaired) electrons. The SMILES string of the molecule is C[C@@H]1CC[C@]2(OC1)O[C@H]1C[C@H]3[C@@H]4CC[C@@H]5C[C@H](OC(=O)c6ccccc6)CC[C@]5(C)[C@@H]4CC[C@]3(C)[C@@H]1[C@@H]2C. The standard InChI is InChI=1S/C34H48O4/c1-21-12-17-34(36-20-21)22(2)30-29(38-34)19-28-26-11-10-24-18-25(37-31(35)23-8-6-5-7-9-23)13-15-32(24,3)27(26)14-16-33(28,30)4/h5-9,21-22,24-30H,10-20H2,1-4H3/t21-,22+,24-,25-,26-,27-,28+,29+,30-,32+,33+,34+/m1/s1. The van der Waals surface area contributed by atoms with Crippen molar-refractivity contribution in [1.29, 1.82) is 0 Å². The molecular weight excluding hydrogens is 472 g/mol. The summed E-state index contributed by atoms with van der Waals surface area (Å²) in [6, 6.07) is 9.51. The fourth-order valence-electron chi connectivity index (χ4n) is 11.1. The van der Waals surface area contributed by atoms with Crippen molar-refractivity contribution < 1.29 is 19.0 Å². The Labute approximate surface area is 229 Å². The van der Waals surface area contributed by atoms with E-state index in [1.54, 1.807) is 0 Å². The Hall–Kier alpha value is -1.39. The van der Waals surface area contributed by atoms with Gasteiger partial charge in [-0.25, -0.2) is 4.79 Å².